The molecular formula is C26H29FN8O2. The van der Waals surface area contributed by atoms with Crippen LogP contribution >= 0.6 is 0 Å². The number of amides is 1. The maximum Gasteiger partial charge on any atom is 0.407 e. The van der Waals surface area contributed by atoms with E-state index in [-0.39, 0.29) is 17.3 Å². The Morgan fingerprint density at radius 2 is 1.68 bits per heavy atom. The summed E-state index contributed by atoms with van der Waals surface area (Å²) in [6, 6.07) is 11.6. The van der Waals surface area contributed by atoms with Crippen LogP contribution in [0.25, 0.3) is 22.4 Å². The fourth-order valence-electron chi connectivity index (χ4n) is 4.33. The molecule has 0 radical (unpaired) electrons. The summed E-state index contributed by atoms with van der Waals surface area (Å²) in [5, 5.41) is 27.6. The number of halogens is 1. The molecule has 1 amide bonds. The van der Waals surface area contributed by atoms with Gasteiger partial charge in [0.25, 0.3) is 0 Å². The van der Waals surface area contributed by atoms with Crippen molar-refractivity contribution in [3.63, 3.8) is 0 Å². The molecule has 0 saturated carbocycles. The van der Waals surface area contributed by atoms with Crippen molar-refractivity contribution < 1.29 is 14.3 Å². The van der Waals surface area contributed by atoms with Gasteiger partial charge in [0.15, 0.2) is 5.82 Å². The van der Waals surface area contributed by atoms with Gasteiger partial charge in [-0.2, -0.15) is 5.10 Å². The van der Waals surface area contributed by atoms with Crippen LogP contribution in [0.15, 0.2) is 67.3 Å². The van der Waals surface area contributed by atoms with Crippen LogP contribution in [0.1, 0.15) is 20.8 Å². The molecule has 192 valence electrons. The first kappa shape index (κ1) is 25.7. The standard InChI is InChI=1S/C23H26FN5O2.C3H3N3/c1-23(2,3)18-14-28(12-13-29(18)22(30)31)21-19(15-8-10-25-11-9-15)20(26-27-21)16-4-6-17(24)7-5-16;1-2-4-6-5-3-1/h4-11,18H,12-14H2,1-3H3,(H,26,27)(H,30,31);1-3H. The second kappa shape index (κ2) is 11.1. The predicted octanol–water partition coefficient (Wildman–Crippen LogP) is 4.36. The molecule has 10 nitrogen and oxygen atoms in total. The summed E-state index contributed by atoms with van der Waals surface area (Å²) in [6.45, 7) is 7.61. The van der Waals surface area contributed by atoms with E-state index in [0.717, 1.165) is 28.2 Å². The van der Waals surface area contributed by atoms with E-state index in [1.54, 1.807) is 43.0 Å². The van der Waals surface area contributed by atoms with Crippen molar-refractivity contribution in [3.8, 4) is 22.4 Å². The highest BCUT2D eigenvalue weighted by Crippen LogP contribution is 2.39. The van der Waals surface area contributed by atoms with Crippen LogP contribution in [0, 0.1) is 11.2 Å². The molecule has 3 aromatic heterocycles. The number of carbonyl (C=O) groups is 1. The highest BCUT2D eigenvalue weighted by molar-refractivity contribution is 5.89. The van der Waals surface area contributed by atoms with Crippen LogP contribution in [0.2, 0.25) is 0 Å². The number of anilines is 1. The third kappa shape index (κ3) is 6.05. The third-order valence-electron chi connectivity index (χ3n) is 6.18. The molecule has 0 spiro atoms. The number of aromatic nitrogens is 6. The van der Waals surface area contributed by atoms with Crippen molar-refractivity contribution in [1.29, 1.82) is 0 Å². The molecule has 4 heterocycles. The van der Waals surface area contributed by atoms with E-state index in [9.17, 15) is 14.3 Å². The minimum Gasteiger partial charge on any atom is -0.465 e. The fourth-order valence-corrected chi connectivity index (χ4v) is 4.33. The molecule has 2 N–H and O–H groups in total. The molecule has 11 heteroatoms. The zero-order valence-electron chi connectivity index (χ0n) is 20.9. The van der Waals surface area contributed by atoms with Crippen molar-refractivity contribution in [2.45, 2.75) is 26.8 Å². The van der Waals surface area contributed by atoms with Gasteiger partial charge in [0.2, 0.25) is 0 Å². The van der Waals surface area contributed by atoms with Crippen LogP contribution < -0.4 is 4.90 Å². The Labute approximate surface area is 214 Å². The number of aromatic amines is 1. The van der Waals surface area contributed by atoms with Crippen LogP contribution in [0.4, 0.5) is 15.0 Å². The van der Waals surface area contributed by atoms with E-state index in [1.165, 1.54) is 17.0 Å². The van der Waals surface area contributed by atoms with Gasteiger partial charge in [-0.1, -0.05) is 20.8 Å². The molecule has 0 bridgehead atoms. The Bertz CT molecular complexity index is 1270. The number of benzene rings is 1. The lowest BCUT2D eigenvalue weighted by atomic mass is 9.84. The van der Waals surface area contributed by atoms with Crippen LogP contribution in [-0.4, -0.2) is 72.4 Å². The number of nitrogens with one attached hydrogen (secondary N) is 1. The first-order chi connectivity index (χ1) is 17.8. The van der Waals surface area contributed by atoms with Crippen molar-refractivity contribution in [2.75, 3.05) is 24.5 Å². The molecule has 1 unspecified atom stereocenters. The van der Waals surface area contributed by atoms with E-state index in [2.05, 4.69) is 56.3 Å². The number of hydrogen-bond donors (Lipinski definition) is 2. The number of pyridine rings is 1. The van der Waals surface area contributed by atoms with Crippen molar-refractivity contribution in [1.82, 2.24) is 35.5 Å². The van der Waals surface area contributed by atoms with Crippen molar-refractivity contribution >= 4 is 11.9 Å². The molecule has 1 fully saturated rings. The summed E-state index contributed by atoms with van der Waals surface area (Å²) in [5.41, 5.74) is 3.21. The van der Waals surface area contributed by atoms with Gasteiger partial charge < -0.3 is 14.9 Å². The Kier molecular flexibility index (Phi) is 7.71. The predicted molar refractivity (Wildman–Crippen MR) is 137 cm³/mol. The van der Waals surface area contributed by atoms with Gasteiger partial charge in [-0.25, -0.2) is 9.18 Å². The summed E-state index contributed by atoms with van der Waals surface area (Å²) < 4.78 is 13.5. The van der Waals surface area contributed by atoms with E-state index in [4.69, 9.17) is 0 Å². The smallest absolute Gasteiger partial charge is 0.407 e. The van der Waals surface area contributed by atoms with E-state index < -0.39 is 6.09 Å². The molecule has 1 aliphatic rings. The quantitative estimate of drug-likeness (QED) is 0.422. The normalized spacial score (nSPS) is 15.6. The first-order valence-corrected chi connectivity index (χ1v) is 11.8. The minimum atomic E-state index is -0.900. The van der Waals surface area contributed by atoms with E-state index in [0.29, 0.717) is 19.6 Å². The zero-order valence-corrected chi connectivity index (χ0v) is 20.9. The summed E-state index contributed by atoms with van der Waals surface area (Å²) in [4.78, 5) is 19.6. The van der Waals surface area contributed by atoms with Crippen LogP contribution in [-0.2, 0) is 0 Å². The molecule has 5 rings (SSSR count). The van der Waals surface area contributed by atoms with Gasteiger partial charge >= 0.3 is 6.09 Å². The van der Waals surface area contributed by atoms with Gasteiger partial charge in [-0.05, 0) is 58.7 Å². The molecule has 1 aliphatic heterocycles. The highest BCUT2D eigenvalue weighted by Gasteiger charge is 2.39. The van der Waals surface area contributed by atoms with Gasteiger partial charge in [0.1, 0.15) is 5.82 Å². The fraction of sp³-hybridized carbons (Fsp3) is 0.308. The monoisotopic (exact) mass is 504 g/mol. The Balaban J connectivity index is 0.000000469. The number of nitrogens with zero attached hydrogens (tertiary/aromatic N) is 7. The van der Waals surface area contributed by atoms with Crippen LogP contribution in [0.5, 0.6) is 0 Å². The molecule has 1 saturated heterocycles. The largest absolute Gasteiger partial charge is 0.465 e. The average Bonchev–Trinajstić information content (AvgIpc) is 3.35. The molecule has 4 aromatic rings. The number of piperazine rings is 1. The van der Waals surface area contributed by atoms with E-state index in [1.807, 2.05) is 12.1 Å². The SMILES string of the molecule is CC(C)(C)C1CN(c2n[nH]c(-c3ccc(F)cc3)c2-c2ccncc2)CCN1C(=O)O.c1cnnnc1. The second-order valence-electron chi connectivity index (χ2n) is 9.65. The average molecular weight is 505 g/mol. The lowest BCUT2D eigenvalue weighted by Gasteiger charge is -2.46. The number of hydrogen-bond acceptors (Lipinski definition) is 7. The van der Waals surface area contributed by atoms with E-state index >= 15 is 0 Å². The van der Waals surface area contributed by atoms with Crippen molar-refractivity contribution in [2.24, 2.45) is 5.41 Å². The van der Waals surface area contributed by atoms with Gasteiger partial charge in [-0.15, -0.1) is 10.2 Å². The topological polar surface area (TPSA) is 124 Å². The Morgan fingerprint density at radius 1 is 1.00 bits per heavy atom. The minimum absolute atomic E-state index is 0.185. The molecule has 1 aromatic carbocycles. The Hall–Kier alpha value is -4.41. The van der Waals surface area contributed by atoms with Crippen LogP contribution in [0.3, 0.4) is 0 Å². The second-order valence-corrected chi connectivity index (χ2v) is 9.65. The number of rotatable bonds is 3. The first-order valence-electron chi connectivity index (χ1n) is 11.8. The number of H-pyrrole nitrogens is 1. The van der Waals surface area contributed by atoms with Gasteiger partial charge in [0, 0.05) is 37.6 Å². The summed E-state index contributed by atoms with van der Waals surface area (Å²) in [5.74, 6) is 0.455. The third-order valence-corrected chi connectivity index (χ3v) is 6.18. The maximum atomic E-state index is 13.5. The summed E-state index contributed by atoms with van der Waals surface area (Å²) >= 11 is 0. The lowest BCUT2D eigenvalue weighted by Crippen LogP contribution is -2.59. The van der Waals surface area contributed by atoms with Gasteiger partial charge in [0.05, 0.1) is 29.7 Å². The molecular weight excluding hydrogens is 475 g/mol. The summed E-state index contributed by atoms with van der Waals surface area (Å²) in [6.07, 6.45) is 5.70. The molecule has 37 heavy (non-hydrogen) atoms. The maximum absolute atomic E-state index is 13.5. The zero-order chi connectivity index (χ0) is 26.4. The Morgan fingerprint density at radius 3 is 2.22 bits per heavy atom. The summed E-state index contributed by atoms with van der Waals surface area (Å²) in [7, 11) is 0. The molecule has 1 atom stereocenters. The van der Waals surface area contributed by atoms with Gasteiger partial charge in [-0.3, -0.25) is 10.1 Å². The van der Waals surface area contributed by atoms with Crippen molar-refractivity contribution in [3.05, 3.63) is 73.1 Å². The lowest BCUT2D eigenvalue weighted by molar-refractivity contribution is 0.0747. The molecule has 0 aliphatic carbocycles. The highest BCUT2D eigenvalue weighted by atomic mass is 19.1. The number of carboxylic acid groups (broad SMARTS) is 1.